The Morgan fingerprint density at radius 1 is 1.32 bits per heavy atom. The number of likely N-dealkylation sites (tertiary alicyclic amines) is 1. The molecule has 28 heavy (non-hydrogen) atoms. The van der Waals surface area contributed by atoms with Gasteiger partial charge >= 0.3 is 0 Å². The molecule has 1 atom stereocenters. The number of nitrogens with one attached hydrogen (secondary N) is 1. The van der Waals surface area contributed by atoms with E-state index in [1.165, 1.54) is 12.1 Å². The van der Waals surface area contributed by atoms with Crippen molar-refractivity contribution in [3.8, 4) is 0 Å². The van der Waals surface area contributed by atoms with Crippen molar-refractivity contribution in [1.82, 2.24) is 10.2 Å². The van der Waals surface area contributed by atoms with Gasteiger partial charge in [-0.2, -0.15) is 0 Å². The van der Waals surface area contributed by atoms with Crippen LogP contribution < -0.4 is 11.1 Å². The smallest absolute Gasteiger partial charge is 0.233 e. The number of rotatable bonds is 5. The van der Waals surface area contributed by atoms with Gasteiger partial charge in [0.25, 0.3) is 0 Å². The highest BCUT2D eigenvalue weighted by molar-refractivity contribution is 5.89. The van der Waals surface area contributed by atoms with E-state index < -0.39 is 5.41 Å². The average Bonchev–Trinajstić information content (AvgIpc) is 2.72. The predicted octanol–water partition coefficient (Wildman–Crippen LogP) is 1.61. The molecular formula is C20H29ClFN3O3. The molecule has 2 saturated heterocycles. The van der Waals surface area contributed by atoms with Gasteiger partial charge in [-0.3, -0.25) is 9.59 Å². The number of nitrogens with two attached hydrogens (primary N) is 1. The minimum Gasteiger partial charge on any atom is -0.381 e. The molecule has 156 valence electrons. The van der Waals surface area contributed by atoms with Gasteiger partial charge in [0.15, 0.2) is 0 Å². The first kappa shape index (κ1) is 22.6. The summed E-state index contributed by atoms with van der Waals surface area (Å²) in [5.41, 5.74) is 5.37. The molecule has 0 spiro atoms. The molecule has 0 aliphatic carbocycles. The van der Waals surface area contributed by atoms with Crippen molar-refractivity contribution in [3.63, 3.8) is 0 Å². The fraction of sp³-hybridized carbons (Fsp3) is 0.600. The zero-order valence-corrected chi connectivity index (χ0v) is 16.8. The third kappa shape index (κ3) is 4.82. The Morgan fingerprint density at radius 2 is 2.07 bits per heavy atom. The van der Waals surface area contributed by atoms with Crippen LogP contribution in [0.1, 0.15) is 31.2 Å². The molecule has 3 N–H and O–H groups in total. The third-order valence-corrected chi connectivity index (χ3v) is 5.66. The van der Waals surface area contributed by atoms with Gasteiger partial charge in [0.1, 0.15) is 5.82 Å². The van der Waals surface area contributed by atoms with Crippen LogP contribution in [0, 0.1) is 11.7 Å². The average molecular weight is 414 g/mol. The van der Waals surface area contributed by atoms with E-state index in [0.717, 1.165) is 12.8 Å². The lowest BCUT2D eigenvalue weighted by Gasteiger charge is -2.42. The lowest BCUT2D eigenvalue weighted by Crippen LogP contribution is -2.54. The molecule has 2 aliphatic heterocycles. The van der Waals surface area contributed by atoms with E-state index in [-0.39, 0.29) is 36.0 Å². The molecule has 1 unspecified atom stereocenters. The maximum atomic E-state index is 13.9. The number of carbonyl (C=O) groups is 2. The van der Waals surface area contributed by atoms with Crippen LogP contribution in [-0.2, 0) is 19.7 Å². The fourth-order valence-corrected chi connectivity index (χ4v) is 4.15. The minimum absolute atomic E-state index is 0. The van der Waals surface area contributed by atoms with Gasteiger partial charge in [-0.25, -0.2) is 4.39 Å². The summed E-state index contributed by atoms with van der Waals surface area (Å²) >= 11 is 0. The molecule has 1 aromatic rings. The number of benzene rings is 1. The van der Waals surface area contributed by atoms with Crippen LogP contribution in [0.4, 0.5) is 4.39 Å². The second kappa shape index (κ2) is 10.2. The van der Waals surface area contributed by atoms with Gasteiger partial charge in [0, 0.05) is 39.4 Å². The highest BCUT2D eigenvalue weighted by Crippen LogP contribution is 2.38. The molecule has 2 amide bonds. The first-order valence-electron chi connectivity index (χ1n) is 9.68. The Bertz CT molecular complexity index is 682. The number of nitrogens with zero attached hydrogens (tertiary/aromatic N) is 1. The maximum absolute atomic E-state index is 13.9. The van der Waals surface area contributed by atoms with Crippen LogP contribution in [0.2, 0.25) is 0 Å². The zero-order chi connectivity index (χ0) is 19.3. The number of hydrogen-bond acceptors (Lipinski definition) is 4. The second-order valence-corrected chi connectivity index (χ2v) is 7.37. The molecule has 2 aliphatic rings. The third-order valence-electron chi connectivity index (χ3n) is 5.66. The number of halogens is 2. The van der Waals surface area contributed by atoms with Gasteiger partial charge in [-0.1, -0.05) is 12.1 Å². The van der Waals surface area contributed by atoms with Gasteiger partial charge < -0.3 is 20.7 Å². The highest BCUT2D eigenvalue weighted by Gasteiger charge is 2.45. The van der Waals surface area contributed by atoms with Crippen LogP contribution in [-0.4, -0.2) is 56.1 Å². The van der Waals surface area contributed by atoms with Crippen molar-refractivity contribution in [2.24, 2.45) is 11.7 Å². The summed E-state index contributed by atoms with van der Waals surface area (Å²) in [6, 6.07) is 6.31. The van der Waals surface area contributed by atoms with Crippen LogP contribution in [0.3, 0.4) is 0 Å². The number of carbonyl (C=O) groups excluding carboxylic acids is 2. The summed E-state index contributed by atoms with van der Waals surface area (Å²) in [6.07, 6.45) is 2.59. The van der Waals surface area contributed by atoms with E-state index in [1.807, 2.05) is 6.07 Å². The van der Waals surface area contributed by atoms with Crippen LogP contribution in [0.5, 0.6) is 0 Å². The van der Waals surface area contributed by atoms with Crippen molar-refractivity contribution in [2.75, 3.05) is 39.4 Å². The molecule has 8 heteroatoms. The Balaban J connectivity index is 0.00000280. The number of piperidine rings is 1. The van der Waals surface area contributed by atoms with Gasteiger partial charge in [-0.05, 0) is 43.4 Å². The molecule has 2 fully saturated rings. The Hall–Kier alpha value is -1.70. The Kier molecular flexibility index (Phi) is 8.22. The van der Waals surface area contributed by atoms with E-state index in [9.17, 15) is 14.0 Å². The molecule has 6 nitrogen and oxygen atoms in total. The van der Waals surface area contributed by atoms with Crippen molar-refractivity contribution >= 4 is 24.2 Å². The molecule has 0 aromatic heterocycles. The molecule has 2 heterocycles. The summed E-state index contributed by atoms with van der Waals surface area (Å²) in [4.78, 5) is 27.7. The van der Waals surface area contributed by atoms with Crippen LogP contribution >= 0.6 is 12.4 Å². The van der Waals surface area contributed by atoms with E-state index in [1.54, 1.807) is 11.0 Å². The quantitative estimate of drug-likeness (QED) is 0.768. The summed E-state index contributed by atoms with van der Waals surface area (Å²) < 4.78 is 19.3. The van der Waals surface area contributed by atoms with Gasteiger partial charge in [-0.15, -0.1) is 12.4 Å². The Morgan fingerprint density at radius 3 is 2.75 bits per heavy atom. The number of ether oxygens (including phenoxy) is 1. The highest BCUT2D eigenvalue weighted by atomic mass is 35.5. The molecule has 0 radical (unpaired) electrons. The molecule has 3 rings (SSSR count). The summed E-state index contributed by atoms with van der Waals surface area (Å²) in [5.74, 6) is -0.639. The summed E-state index contributed by atoms with van der Waals surface area (Å²) in [6.45, 7) is 2.79. The molecule has 0 bridgehead atoms. The topological polar surface area (TPSA) is 84.7 Å². The van der Waals surface area contributed by atoms with Crippen molar-refractivity contribution in [2.45, 2.75) is 31.1 Å². The summed E-state index contributed by atoms with van der Waals surface area (Å²) in [7, 11) is 0. The first-order valence-corrected chi connectivity index (χ1v) is 9.68. The predicted molar refractivity (Wildman–Crippen MR) is 107 cm³/mol. The van der Waals surface area contributed by atoms with E-state index in [0.29, 0.717) is 57.8 Å². The molecular weight excluding hydrogens is 385 g/mol. The second-order valence-electron chi connectivity index (χ2n) is 7.37. The van der Waals surface area contributed by atoms with Crippen LogP contribution in [0.25, 0.3) is 0 Å². The van der Waals surface area contributed by atoms with Crippen molar-refractivity contribution < 1.29 is 18.7 Å². The van der Waals surface area contributed by atoms with Gasteiger partial charge in [0.2, 0.25) is 11.8 Å². The fourth-order valence-electron chi connectivity index (χ4n) is 4.15. The van der Waals surface area contributed by atoms with E-state index in [4.69, 9.17) is 10.5 Å². The molecule has 1 aromatic carbocycles. The minimum atomic E-state index is -0.782. The number of hydrogen-bond donors (Lipinski definition) is 2. The van der Waals surface area contributed by atoms with Crippen molar-refractivity contribution in [3.05, 3.63) is 35.6 Å². The zero-order valence-electron chi connectivity index (χ0n) is 16.0. The number of amides is 2. The summed E-state index contributed by atoms with van der Waals surface area (Å²) in [5, 5.41) is 2.82. The molecule has 0 saturated carbocycles. The normalized spacial score (nSPS) is 21.5. The Labute approximate surface area is 171 Å². The van der Waals surface area contributed by atoms with Crippen LogP contribution in [0.15, 0.2) is 24.3 Å². The monoisotopic (exact) mass is 413 g/mol. The van der Waals surface area contributed by atoms with E-state index >= 15 is 0 Å². The maximum Gasteiger partial charge on any atom is 0.233 e. The largest absolute Gasteiger partial charge is 0.381 e. The lowest BCUT2D eigenvalue weighted by atomic mass is 9.72. The lowest BCUT2D eigenvalue weighted by molar-refractivity contribution is -0.144. The standard InChI is InChI=1S/C20H28FN3O3.ClH/c21-17-5-1-4-16(13-17)20(6-11-27-12-7-20)19(26)24-10-2-3-15(14-24)18(25)23-9-8-22;/h1,4-5,13,15H,2-3,6-12,14,22H2,(H,23,25);1H. The van der Waals surface area contributed by atoms with Crippen molar-refractivity contribution in [1.29, 1.82) is 0 Å². The van der Waals surface area contributed by atoms with Gasteiger partial charge in [0.05, 0.1) is 11.3 Å². The SMILES string of the molecule is Cl.NCCNC(=O)C1CCCN(C(=O)C2(c3cccc(F)c3)CCOCC2)C1. The van der Waals surface area contributed by atoms with E-state index in [2.05, 4.69) is 5.32 Å². The first-order chi connectivity index (χ1) is 13.1.